The molecule has 1 atom stereocenters. The van der Waals surface area contributed by atoms with E-state index in [1.54, 1.807) is 0 Å². The zero-order chi connectivity index (χ0) is 20.9. The Morgan fingerprint density at radius 2 is 1.79 bits per heavy atom. The van der Waals surface area contributed by atoms with Gasteiger partial charge in [0.25, 0.3) is 0 Å². The Kier molecular flexibility index (Phi) is 7.09. The second-order valence-electron chi connectivity index (χ2n) is 7.80. The molecule has 3 rings (SSSR count). The minimum absolute atomic E-state index is 0.00761. The summed E-state index contributed by atoms with van der Waals surface area (Å²) in [5.74, 6) is -0.105. The molecule has 1 aliphatic heterocycles. The van der Waals surface area contributed by atoms with E-state index in [2.05, 4.69) is 12.2 Å². The first-order valence-corrected chi connectivity index (χ1v) is 11.9. The normalized spacial score (nSPS) is 17.0. The first-order valence-electron chi connectivity index (χ1n) is 10.3. The van der Waals surface area contributed by atoms with Gasteiger partial charge in [0.1, 0.15) is 0 Å². The topological polar surface area (TPSA) is 66.5 Å². The lowest BCUT2D eigenvalue weighted by atomic mass is 9.96. The molecule has 156 valence electrons. The Labute approximate surface area is 174 Å². The van der Waals surface area contributed by atoms with Crippen LogP contribution in [0.2, 0.25) is 0 Å². The molecule has 0 saturated carbocycles. The fraction of sp³-hybridized carbons (Fsp3) is 0.435. The Morgan fingerprint density at radius 3 is 2.41 bits per heavy atom. The number of nitrogens with zero attached hydrogens (tertiary/aromatic N) is 1. The Morgan fingerprint density at radius 1 is 1.10 bits per heavy atom. The van der Waals surface area contributed by atoms with Gasteiger partial charge < -0.3 is 5.32 Å². The molecule has 1 aliphatic rings. The van der Waals surface area contributed by atoms with Crippen molar-refractivity contribution in [3.63, 3.8) is 0 Å². The van der Waals surface area contributed by atoms with Crippen molar-refractivity contribution in [1.29, 1.82) is 0 Å². The van der Waals surface area contributed by atoms with Crippen molar-refractivity contribution >= 4 is 15.9 Å². The van der Waals surface area contributed by atoms with Gasteiger partial charge in [-0.2, -0.15) is 0 Å². The SMILES string of the molecule is CC[C@H](NC(=O)C1CCN(S(=O)(=O)Cc2cccc(C)c2)CC1)c1ccccc1. The summed E-state index contributed by atoms with van der Waals surface area (Å²) >= 11 is 0. The molecule has 2 aromatic rings. The summed E-state index contributed by atoms with van der Waals surface area (Å²) in [6, 6.07) is 17.5. The summed E-state index contributed by atoms with van der Waals surface area (Å²) in [5.41, 5.74) is 2.96. The van der Waals surface area contributed by atoms with Crippen molar-refractivity contribution in [3.05, 3.63) is 71.3 Å². The van der Waals surface area contributed by atoms with E-state index < -0.39 is 10.0 Å². The Bertz CT molecular complexity index is 920. The van der Waals surface area contributed by atoms with Gasteiger partial charge in [-0.3, -0.25) is 4.79 Å². The number of carbonyl (C=O) groups is 1. The number of aryl methyl sites for hydroxylation is 1. The number of amides is 1. The number of sulfonamides is 1. The van der Waals surface area contributed by atoms with Crippen LogP contribution < -0.4 is 5.32 Å². The fourth-order valence-corrected chi connectivity index (χ4v) is 5.45. The van der Waals surface area contributed by atoms with Gasteiger partial charge in [-0.1, -0.05) is 67.1 Å². The Balaban J connectivity index is 1.56. The number of benzene rings is 2. The number of nitrogens with one attached hydrogen (secondary N) is 1. The first kappa shape index (κ1) is 21.5. The third kappa shape index (κ3) is 5.67. The molecule has 1 heterocycles. The highest BCUT2D eigenvalue weighted by Crippen LogP contribution is 2.24. The van der Waals surface area contributed by atoms with Gasteiger partial charge in [0, 0.05) is 19.0 Å². The minimum Gasteiger partial charge on any atom is -0.349 e. The number of piperidine rings is 1. The summed E-state index contributed by atoms with van der Waals surface area (Å²) in [6.07, 6.45) is 1.94. The number of carbonyl (C=O) groups excluding carboxylic acids is 1. The summed E-state index contributed by atoms with van der Waals surface area (Å²) in [7, 11) is -3.37. The number of hydrogen-bond donors (Lipinski definition) is 1. The van der Waals surface area contributed by atoms with Gasteiger partial charge in [-0.25, -0.2) is 12.7 Å². The van der Waals surface area contributed by atoms with Gasteiger partial charge >= 0.3 is 0 Å². The Hall–Kier alpha value is -2.18. The van der Waals surface area contributed by atoms with Crippen LogP contribution in [-0.2, 0) is 20.6 Å². The molecule has 29 heavy (non-hydrogen) atoms. The van der Waals surface area contributed by atoms with E-state index in [4.69, 9.17) is 0 Å². The van der Waals surface area contributed by atoms with Crippen molar-refractivity contribution in [1.82, 2.24) is 9.62 Å². The third-order valence-electron chi connectivity index (χ3n) is 5.58. The molecule has 6 heteroatoms. The van der Waals surface area contributed by atoms with Crippen molar-refractivity contribution in [3.8, 4) is 0 Å². The van der Waals surface area contributed by atoms with Crippen LogP contribution in [0.25, 0.3) is 0 Å². The van der Waals surface area contributed by atoms with Gasteiger partial charge in [0.05, 0.1) is 11.8 Å². The van der Waals surface area contributed by atoms with E-state index in [1.165, 1.54) is 4.31 Å². The van der Waals surface area contributed by atoms with Crippen LogP contribution in [0.15, 0.2) is 54.6 Å². The highest BCUT2D eigenvalue weighted by atomic mass is 32.2. The standard InChI is InChI=1S/C23H30N2O3S/c1-3-22(20-10-5-4-6-11-20)24-23(26)21-12-14-25(15-13-21)29(27,28)17-19-9-7-8-18(2)16-19/h4-11,16,21-22H,3,12-15,17H2,1-2H3,(H,24,26)/t22-/m0/s1. The van der Waals surface area contributed by atoms with E-state index in [0.29, 0.717) is 25.9 Å². The second-order valence-corrected chi connectivity index (χ2v) is 9.77. The van der Waals surface area contributed by atoms with Crippen LogP contribution in [0.5, 0.6) is 0 Å². The highest BCUT2D eigenvalue weighted by Gasteiger charge is 2.31. The van der Waals surface area contributed by atoms with Crippen LogP contribution in [0.4, 0.5) is 0 Å². The van der Waals surface area contributed by atoms with Gasteiger partial charge in [0.15, 0.2) is 0 Å². The van der Waals surface area contributed by atoms with E-state index in [9.17, 15) is 13.2 Å². The van der Waals surface area contributed by atoms with Crippen LogP contribution in [0.1, 0.15) is 48.9 Å². The zero-order valence-electron chi connectivity index (χ0n) is 17.2. The molecule has 0 radical (unpaired) electrons. The molecular weight excluding hydrogens is 384 g/mol. The maximum absolute atomic E-state index is 12.8. The number of rotatable bonds is 7. The molecule has 0 unspecified atom stereocenters. The van der Waals surface area contributed by atoms with Gasteiger partial charge in [0.2, 0.25) is 15.9 Å². The van der Waals surface area contributed by atoms with Crippen molar-refractivity contribution in [2.45, 2.75) is 44.9 Å². The summed E-state index contributed by atoms with van der Waals surface area (Å²) < 4.78 is 27.1. The average molecular weight is 415 g/mol. The largest absolute Gasteiger partial charge is 0.349 e. The molecule has 2 aromatic carbocycles. The fourth-order valence-electron chi connectivity index (χ4n) is 3.90. The monoisotopic (exact) mass is 414 g/mol. The molecule has 1 amide bonds. The van der Waals surface area contributed by atoms with Crippen molar-refractivity contribution in [2.75, 3.05) is 13.1 Å². The second kappa shape index (κ2) is 9.55. The lowest BCUT2D eigenvalue weighted by molar-refractivity contribution is -0.126. The predicted molar refractivity (Wildman–Crippen MR) is 116 cm³/mol. The average Bonchev–Trinajstić information content (AvgIpc) is 2.72. The molecule has 0 bridgehead atoms. The van der Waals surface area contributed by atoms with E-state index in [0.717, 1.165) is 23.1 Å². The molecule has 1 saturated heterocycles. The molecule has 0 aromatic heterocycles. The molecule has 1 N–H and O–H groups in total. The molecular formula is C23H30N2O3S. The lowest BCUT2D eigenvalue weighted by Gasteiger charge is -2.31. The summed E-state index contributed by atoms with van der Waals surface area (Å²) in [6.45, 7) is 4.81. The zero-order valence-corrected chi connectivity index (χ0v) is 18.0. The first-order chi connectivity index (χ1) is 13.9. The van der Waals surface area contributed by atoms with E-state index in [1.807, 2.05) is 61.5 Å². The van der Waals surface area contributed by atoms with Crippen molar-refractivity contribution in [2.24, 2.45) is 5.92 Å². The van der Waals surface area contributed by atoms with Crippen molar-refractivity contribution < 1.29 is 13.2 Å². The molecule has 5 nitrogen and oxygen atoms in total. The van der Waals surface area contributed by atoms with Crippen LogP contribution in [0, 0.1) is 12.8 Å². The molecule has 0 aliphatic carbocycles. The van der Waals surface area contributed by atoms with Crippen LogP contribution in [0.3, 0.4) is 0 Å². The molecule has 0 spiro atoms. The van der Waals surface area contributed by atoms with E-state index in [-0.39, 0.29) is 23.6 Å². The lowest BCUT2D eigenvalue weighted by Crippen LogP contribution is -2.44. The van der Waals surface area contributed by atoms with Gasteiger partial charge in [-0.15, -0.1) is 0 Å². The summed E-state index contributed by atoms with van der Waals surface area (Å²) in [4.78, 5) is 12.7. The third-order valence-corrected chi connectivity index (χ3v) is 7.43. The minimum atomic E-state index is -3.37. The van der Waals surface area contributed by atoms with E-state index >= 15 is 0 Å². The maximum atomic E-state index is 12.8. The van der Waals surface area contributed by atoms with Gasteiger partial charge in [-0.05, 0) is 37.3 Å². The summed E-state index contributed by atoms with van der Waals surface area (Å²) in [5, 5.41) is 3.15. The smallest absolute Gasteiger partial charge is 0.223 e. The molecule has 1 fully saturated rings. The highest BCUT2D eigenvalue weighted by molar-refractivity contribution is 7.88. The predicted octanol–water partition coefficient (Wildman–Crippen LogP) is 3.80. The maximum Gasteiger partial charge on any atom is 0.223 e. The van der Waals surface area contributed by atoms with Crippen LogP contribution >= 0.6 is 0 Å². The quantitative estimate of drug-likeness (QED) is 0.749. The van der Waals surface area contributed by atoms with Crippen LogP contribution in [-0.4, -0.2) is 31.7 Å². The number of hydrogen-bond acceptors (Lipinski definition) is 3.